The second-order valence-electron chi connectivity index (χ2n) is 5.55. The lowest BCUT2D eigenvalue weighted by molar-refractivity contribution is 0.505. The Bertz CT molecular complexity index is 662. The topological polar surface area (TPSA) is 49.6 Å². The molecule has 1 aromatic carbocycles. The SMILES string of the molecule is CCNC(=NCC(C)c1ccc(F)c(F)c1)NCCc1ccco1.I. The Morgan fingerprint density at radius 3 is 2.64 bits per heavy atom. The second kappa shape index (κ2) is 11.1. The highest BCUT2D eigenvalue weighted by molar-refractivity contribution is 14.0. The number of aliphatic imine (C=N–C) groups is 1. The molecule has 0 fully saturated rings. The van der Waals surface area contributed by atoms with E-state index in [4.69, 9.17) is 4.42 Å². The van der Waals surface area contributed by atoms with Crippen molar-refractivity contribution in [1.29, 1.82) is 0 Å². The van der Waals surface area contributed by atoms with E-state index >= 15 is 0 Å². The van der Waals surface area contributed by atoms with Gasteiger partial charge in [0, 0.05) is 32.0 Å². The van der Waals surface area contributed by atoms with Crippen LogP contribution in [-0.4, -0.2) is 25.6 Å². The van der Waals surface area contributed by atoms with Gasteiger partial charge in [-0.2, -0.15) is 0 Å². The molecular weight excluding hydrogens is 439 g/mol. The van der Waals surface area contributed by atoms with Gasteiger partial charge in [0.2, 0.25) is 0 Å². The normalized spacial score (nSPS) is 12.4. The van der Waals surface area contributed by atoms with Crippen LogP contribution >= 0.6 is 24.0 Å². The molecule has 0 saturated carbocycles. The lowest BCUT2D eigenvalue weighted by Crippen LogP contribution is -2.38. The molecule has 0 aliphatic rings. The van der Waals surface area contributed by atoms with Gasteiger partial charge in [0.1, 0.15) is 5.76 Å². The summed E-state index contributed by atoms with van der Waals surface area (Å²) in [4.78, 5) is 4.51. The first-order chi connectivity index (χ1) is 11.6. The van der Waals surface area contributed by atoms with Crippen molar-refractivity contribution in [2.24, 2.45) is 4.99 Å². The van der Waals surface area contributed by atoms with Crippen LogP contribution in [0.25, 0.3) is 0 Å². The molecule has 1 atom stereocenters. The van der Waals surface area contributed by atoms with Gasteiger partial charge in [-0.3, -0.25) is 4.99 Å². The Morgan fingerprint density at radius 1 is 1.20 bits per heavy atom. The van der Waals surface area contributed by atoms with Crippen LogP contribution in [0.4, 0.5) is 8.78 Å². The fourth-order valence-electron chi connectivity index (χ4n) is 2.25. The molecule has 0 amide bonds. The number of rotatable bonds is 7. The van der Waals surface area contributed by atoms with E-state index in [-0.39, 0.29) is 29.9 Å². The number of hydrogen-bond donors (Lipinski definition) is 2. The Labute approximate surface area is 164 Å². The smallest absolute Gasteiger partial charge is 0.191 e. The Kier molecular flexibility index (Phi) is 9.48. The second-order valence-corrected chi connectivity index (χ2v) is 5.55. The van der Waals surface area contributed by atoms with Gasteiger partial charge in [0.15, 0.2) is 17.6 Å². The first kappa shape index (κ1) is 21.4. The van der Waals surface area contributed by atoms with Gasteiger partial charge in [-0.1, -0.05) is 13.0 Å². The van der Waals surface area contributed by atoms with E-state index in [1.165, 1.54) is 6.07 Å². The molecule has 2 aromatic rings. The molecule has 25 heavy (non-hydrogen) atoms. The van der Waals surface area contributed by atoms with Crippen molar-refractivity contribution >= 4 is 29.9 Å². The third-order valence-electron chi connectivity index (χ3n) is 3.62. The number of furan rings is 1. The van der Waals surface area contributed by atoms with Crippen LogP contribution in [0.5, 0.6) is 0 Å². The molecule has 0 aliphatic carbocycles. The fraction of sp³-hybridized carbons (Fsp3) is 0.389. The highest BCUT2D eigenvalue weighted by Crippen LogP contribution is 2.18. The minimum Gasteiger partial charge on any atom is -0.469 e. The maximum absolute atomic E-state index is 13.3. The lowest BCUT2D eigenvalue weighted by Gasteiger charge is -2.13. The van der Waals surface area contributed by atoms with E-state index in [0.29, 0.717) is 19.0 Å². The summed E-state index contributed by atoms with van der Waals surface area (Å²) in [5, 5.41) is 6.40. The number of hydrogen-bond acceptors (Lipinski definition) is 2. The summed E-state index contributed by atoms with van der Waals surface area (Å²) in [6.07, 6.45) is 2.41. The lowest BCUT2D eigenvalue weighted by atomic mass is 10.0. The third kappa shape index (κ3) is 7.01. The predicted molar refractivity (Wildman–Crippen MR) is 107 cm³/mol. The standard InChI is InChI=1S/C18H23F2N3O.HI/c1-3-21-18(22-9-8-15-5-4-10-24-15)23-12-13(2)14-6-7-16(19)17(20)11-14;/h4-7,10-11,13H,3,8-9,12H2,1-2H3,(H2,21,22,23);1H. The molecule has 0 saturated heterocycles. The Morgan fingerprint density at radius 2 is 2.00 bits per heavy atom. The molecule has 1 unspecified atom stereocenters. The van der Waals surface area contributed by atoms with Gasteiger partial charge in [-0.25, -0.2) is 8.78 Å². The van der Waals surface area contributed by atoms with Gasteiger partial charge in [0.05, 0.1) is 6.26 Å². The summed E-state index contributed by atoms with van der Waals surface area (Å²) in [5.41, 5.74) is 0.726. The number of guanidine groups is 1. The molecular formula is C18H24F2IN3O. The van der Waals surface area contributed by atoms with Crippen LogP contribution in [0.2, 0.25) is 0 Å². The van der Waals surface area contributed by atoms with E-state index in [1.807, 2.05) is 26.0 Å². The van der Waals surface area contributed by atoms with Gasteiger partial charge in [0.25, 0.3) is 0 Å². The fourth-order valence-corrected chi connectivity index (χ4v) is 2.25. The van der Waals surface area contributed by atoms with Gasteiger partial charge < -0.3 is 15.1 Å². The van der Waals surface area contributed by atoms with Crippen molar-refractivity contribution in [3.8, 4) is 0 Å². The molecule has 2 N–H and O–H groups in total. The predicted octanol–water partition coefficient (Wildman–Crippen LogP) is 4.08. The summed E-state index contributed by atoms with van der Waals surface area (Å²) >= 11 is 0. The van der Waals surface area contributed by atoms with Crippen LogP contribution in [-0.2, 0) is 6.42 Å². The van der Waals surface area contributed by atoms with E-state index in [9.17, 15) is 8.78 Å². The highest BCUT2D eigenvalue weighted by Gasteiger charge is 2.09. The van der Waals surface area contributed by atoms with Gasteiger partial charge in [-0.05, 0) is 36.8 Å². The third-order valence-corrected chi connectivity index (χ3v) is 3.62. The molecule has 1 aromatic heterocycles. The summed E-state index contributed by atoms with van der Waals surface area (Å²) < 4.78 is 31.6. The Balaban J connectivity index is 0.00000312. The van der Waals surface area contributed by atoms with E-state index in [1.54, 1.807) is 12.3 Å². The highest BCUT2D eigenvalue weighted by atomic mass is 127. The minimum absolute atomic E-state index is 0. The summed E-state index contributed by atoms with van der Waals surface area (Å²) in [7, 11) is 0. The molecule has 138 valence electrons. The van der Waals surface area contributed by atoms with Crippen molar-refractivity contribution in [2.45, 2.75) is 26.2 Å². The minimum atomic E-state index is -0.831. The number of nitrogens with one attached hydrogen (secondary N) is 2. The summed E-state index contributed by atoms with van der Waals surface area (Å²) in [6, 6.07) is 7.76. The van der Waals surface area contributed by atoms with E-state index in [0.717, 1.165) is 30.4 Å². The molecule has 0 bridgehead atoms. The molecule has 2 rings (SSSR count). The molecule has 0 spiro atoms. The van der Waals surface area contributed by atoms with Crippen molar-refractivity contribution in [1.82, 2.24) is 10.6 Å². The average Bonchev–Trinajstić information content (AvgIpc) is 3.08. The number of benzene rings is 1. The maximum atomic E-state index is 13.3. The van der Waals surface area contributed by atoms with Gasteiger partial charge >= 0.3 is 0 Å². The zero-order chi connectivity index (χ0) is 17.4. The van der Waals surface area contributed by atoms with Crippen LogP contribution in [0.1, 0.15) is 31.1 Å². The van der Waals surface area contributed by atoms with Crippen LogP contribution < -0.4 is 10.6 Å². The summed E-state index contributed by atoms with van der Waals surface area (Å²) in [5.74, 6) is -0.0678. The molecule has 4 nitrogen and oxygen atoms in total. The molecule has 0 aliphatic heterocycles. The van der Waals surface area contributed by atoms with E-state index in [2.05, 4.69) is 15.6 Å². The Hall–Kier alpha value is -1.64. The molecule has 7 heteroatoms. The van der Waals surface area contributed by atoms with Crippen molar-refractivity contribution in [3.05, 3.63) is 59.6 Å². The van der Waals surface area contributed by atoms with Crippen LogP contribution in [0.15, 0.2) is 46.0 Å². The number of halogens is 3. The van der Waals surface area contributed by atoms with Gasteiger partial charge in [-0.15, -0.1) is 24.0 Å². The maximum Gasteiger partial charge on any atom is 0.191 e. The average molecular weight is 463 g/mol. The van der Waals surface area contributed by atoms with Crippen molar-refractivity contribution in [2.75, 3.05) is 19.6 Å². The van der Waals surface area contributed by atoms with E-state index < -0.39 is 11.6 Å². The largest absolute Gasteiger partial charge is 0.469 e. The zero-order valence-electron chi connectivity index (χ0n) is 14.4. The first-order valence-corrected chi connectivity index (χ1v) is 8.09. The van der Waals surface area contributed by atoms with Crippen molar-refractivity contribution < 1.29 is 13.2 Å². The van der Waals surface area contributed by atoms with Crippen molar-refractivity contribution in [3.63, 3.8) is 0 Å². The molecule has 1 heterocycles. The summed E-state index contributed by atoms with van der Waals surface area (Å²) in [6.45, 7) is 5.83. The zero-order valence-corrected chi connectivity index (χ0v) is 16.7. The van der Waals surface area contributed by atoms with Crippen LogP contribution in [0.3, 0.4) is 0 Å². The molecule has 0 radical (unpaired) electrons. The number of nitrogens with zero attached hydrogens (tertiary/aromatic N) is 1. The van der Waals surface area contributed by atoms with Crippen LogP contribution in [0, 0.1) is 11.6 Å². The monoisotopic (exact) mass is 463 g/mol. The quantitative estimate of drug-likeness (QED) is 0.370. The first-order valence-electron chi connectivity index (χ1n) is 8.09.